The van der Waals surface area contributed by atoms with Crippen LogP contribution in [0.4, 0.5) is 0 Å². The van der Waals surface area contributed by atoms with Crippen LogP contribution in [0.2, 0.25) is 10.0 Å². The molecule has 0 aliphatic heterocycles. The SMILES string of the molecule is CCCCSC(=N)c1c(Cl)cccc1Cl. The van der Waals surface area contributed by atoms with Crippen molar-refractivity contribution in [2.45, 2.75) is 19.8 Å². The molecule has 0 amide bonds. The van der Waals surface area contributed by atoms with Gasteiger partial charge in [-0.1, -0.05) is 42.6 Å². The van der Waals surface area contributed by atoms with Gasteiger partial charge in [-0.3, -0.25) is 5.41 Å². The van der Waals surface area contributed by atoms with Crippen LogP contribution in [0, 0.1) is 5.41 Å². The van der Waals surface area contributed by atoms with E-state index in [1.165, 1.54) is 11.8 Å². The van der Waals surface area contributed by atoms with Gasteiger partial charge in [0.05, 0.1) is 15.1 Å². The Balaban J connectivity index is 2.73. The Morgan fingerprint density at radius 2 is 1.93 bits per heavy atom. The number of thioether (sulfide) groups is 1. The lowest BCUT2D eigenvalue weighted by Gasteiger charge is -2.07. The molecule has 0 radical (unpaired) electrons. The first-order chi connectivity index (χ1) is 7.16. The van der Waals surface area contributed by atoms with Crippen LogP contribution in [0.3, 0.4) is 0 Å². The van der Waals surface area contributed by atoms with Gasteiger partial charge in [-0.05, 0) is 24.3 Å². The highest BCUT2D eigenvalue weighted by atomic mass is 35.5. The Morgan fingerprint density at radius 1 is 1.33 bits per heavy atom. The van der Waals surface area contributed by atoms with Crippen LogP contribution in [-0.2, 0) is 0 Å². The van der Waals surface area contributed by atoms with E-state index in [1.807, 2.05) is 0 Å². The smallest absolute Gasteiger partial charge is 0.0972 e. The molecule has 0 spiro atoms. The van der Waals surface area contributed by atoms with Gasteiger partial charge in [0.25, 0.3) is 0 Å². The van der Waals surface area contributed by atoms with Crippen molar-refractivity contribution in [3.8, 4) is 0 Å². The monoisotopic (exact) mass is 261 g/mol. The summed E-state index contributed by atoms with van der Waals surface area (Å²) < 4.78 is 0. The van der Waals surface area contributed by atoms with E-state index < -0.39 is 0 Å². The van der Waals surface area contributed by atoms with E-state index in [-0.39, 0.29) is 0 Å². The molecule has 1 nitrogen and oxygen atoms in total. The van der Waals surface area contributed by atoms with E-state index in [2.05, 4.69) is 6.92 Å². The Hall–Kier alpha value is -0.180. The van der Waals surface area contributed by atoms with E-state index >= 15 is 0 Å². The molecule has 15 heavy (non-hydrogen) atoms. The molecule has 0 bridgehead atoms. The largest absolute Gasteiger partial charge is 0.293 e. The van der Waals surface area contributed by atoms with Crippen LogP contribution >= 0.6 is 35.0 Å². The van der Waals surface area contributed by atoms with Gasteiger partial charge in [-0.2, -0.15) is 0 Å². The minimum absolute atomic E-state index is 0.457. The van der Waals surface area contributed by atoms with Crippen LogP contribution in [0.5, 0.6) is 0 Å². The van der Waals surface area contributed by atoms with Crippen molar-refractivity contribution in [1.82, 2.24) is 0 Å². The third kappa shape index (κ3) is 3.71. The first-order valence-corrected chi connectivity index (χ1v) is 6.56. The van der Waals surface area contributed by atoms with Gasteiger partial charge >= 0.3 is 0 Å². The van der Waals surface area contributed by atoms with E-state index in [1.54, 1.807) is 18.2 Å². The minimum Gasteiger partial charge on any atom is -0.293 e. The first-order valence-electron chi connectivity index (χ1n) is 4.82. The quantitative estimate of drug-likeness (QED) is 0.468. The summed E-state index contributed by atoms with van der Waals surface area (Å²) in [5.74, 6) is 0.941. The Kier molecular flexibility index (Phi) is 5.51. The average molecular weight is 262 g/mol. The van der Waals surface area contributed by atoms with Crippen molar-refractivity contribution in [3.05, 3.63) is 33.8 Å². The van der Waals surface area contributed by atoms with Crippen molar-refractivity contribution in [2.24, 2.45) is 0 Å². The second-order valence-corrected chi connectivity index (χ2v) is 5.05. The highest BCUT2D eigenvalue weighted by Gasteiger charge is 2.10. The second kappa shape index (κ2) is 6.41. The summed E-state index contributed by atoms with van der Waals surface area (Å²) in [6.45, 7) is 2.13. The van der Waals surface area contributed by atoms with Gasteiger partial charge < -0.3 is 0 Å². The molecule has 0 aliphatic carbocycles. The molecule has 4 heteroatoms. The number of benzene rings is 1. The van der Waals surface area contributed by atoms with E-state index in [9.17, 15) is 0 Å². The lowest BCUT2D eigenvalue weighted by Crippen LogP contribution is -1.97. The van der Waals surface area contributed by atoms with Gasteiger partial charge in [0.1, 0.15) is 0 Å². The molecule has 1 N–H and O–H groups in total. The number of nitrogens with one attached hydrogen (secondary N) is 1. The molecule has 1 rings (SSSR count). The van der Waals surface area contributed by atoms with Crippen molar-refractivity contribution in [1.29, 1.82) is 5.41 Å². The molecule has 0 saturated heterocycles. The van der Waals surface area contributed by atoms with Gasteiger partial charge in [0.2, 0.25) is 0 Å². The number of unbranched alkanes of at least 4 members (excludes halogenated alkanes) is 1. The van der Waals surface area contributed by atoms with Gasteiger partial charge in [0.15, 0.2) is 0 Å². The highest BCUT2D eigenvalue weighted by molar-refractivity contribution is 8.14. The van der Waals surface area contributed by atoms with Crippen LogP contribution in [0.15, 0.2) is 18.2 Å². The fourth-order valence-corrected chi connectivity index (χ4v) is 2.81. The molecule has 0 fully saturated rings. The van der Waals surface area contributed by atoms with E-state index in [0.717, 1.165) is 18.6 Å². The maximum Gasteiger partial charge on any atom is 0.0972 e. The number of hydrogen-bond donors (Lipinski definition) is 1. The molecule has 0 saturated carbocycles. The molecule has 1 aromatic rings. The number of rotatable bonds is 4. The van der Waals surface area contributed by atoms with Gasteiger partial charge in [-0.25, -0.2) is 0 Å². The molecule has 0 aromatic heterocycles. The average Bonchev–Trinajstić information content (AvgIpc) is 2.18. The maximum absolute atomic E-state index is 7.88. The lowest BCUT2D eigenvalue weighted by atomic mass is 10.2. The Bertz CT molecular complexity index is 332. The van der Waals surface area contributed by atoms with Crippen LogP contribution in [-0.4, -0.2) is 10.8 Å². The van der Waals surface area contributed by atoms with E-state index in [0.29, 0.717) is 20.7 Å². The summed E-state index contributed by atoms with van der Waals surface area (Å²) in [5, 5.41) is 9.45. The van der Waals surface area contributed by atoms with E-state index in [4.69, 9.17) is 28.6 Å². The molecule has 82 valence electrons. The molecule has 1 aromatic carbocycles. The van der Waals surface area contributed by atoms with Gasteiger partial charge in [-0.15, -0.1) is 11.8 Å². The van der Waals surface area contributed by atoms with Crippen molar-refractivity contribution >= 4 is 40.0 Å². The summed E-state index contributed by atoms with van der Waals surface area (Å²) in [5.41, 5.74) is 0.655. The summed E-state index contributed by atoms with van der Waals surface area (Å²) in [7, 11) is 0. The first kappa shape index (κ1) is 12.9. The van der Waals surface area contributed by atoms with Gasteiger partial charge in [0, 0.05) is 5.56 Å². The summed E-state index contributed by atoms with van der Waals surface area (Å²) in [4.78, 5) is 0. The van der Waals surface area contributed by atoms with Crippen LogP contribution in [0.25, 0.3) is 0 Å². The van der Waals surface area contributed by atoms with Crippen molar-refractivity contribution in [2.75, 3.05) is 5.75 Å². The zero-order valence-corrected chi connectivity index (χ0v) is 10.8. The maximum atomic E-state index is 7.88. The lowest BCUT2D eigenvalue weighted by molar-refractivity contribution is 0.898. The third-order valence-electron chi connectivity index (χ3n) is 1.93. The Morgan fingerprint density at radius 3 is 2.47 bits per heavy atom. The summed E-state index contributed by atoms with van der Waals surface area (Å²) in [6.07, 6.45) is 2.24. The topological polar surface area (TPSA) is 23.9 Å². The second-order valence-electron chi connectivity index (χ2n) is 3.13. The zero-order chi connectivity index (χ0) is 11.3. The molecular weight excluding hydrogens is 249 g/mol. The number of hydrogen-bond acceptors (Lipinski definition) is 2. The predicted octanol–water partition coefficient (Wildman–Crippen LogP) is 4.85. The molecular formula is C11H13Cl2NS. The van der Waals surface area contributed by atoms with Crippen LogP contribution < -0.4 is 0 Å². The summed E-state index contributed by atoms with van der Waals surface area (Å²) >= 11 is 13.5. The fraction of sp³-hybridized carbons (Fsp3) is 0.364. The Labute approximate surface area is 105 Å². The molecule has 0 aliphatic rings. The number of halogens is 2. The predicted molar refractivity (Wildman–Crippen MR) is 70.7 cm³/mol. The summed E-state index contributed by atoms with van der Waals surface area (Å²) in [6, 6.07) is 5.31. The molecule has 0 heterocycles. The standard InChI is InChI=1S/C11H13Cl2NS/c1-2-3-7-15-11(14)10-8(12)5-4-6-9(10)13/h4-6,14H,2-3,7H2,1H3. The minimum atomic E-state index is 0.457. The highest BCUT2D eigenvalue weighted by Crippen LogP contribution is 2.28. The fourth-order valence-electron chi connectivity index (χ4n) is 1.11. The normalized spacial score (nSPS) is 10.3. The van der Waals surface area contributed by atoms with Crippen LogP contribution in [0.1, 0.15) is 25.3 Å². The zero-order valence-electron chi connectivity index (χ0n) is 8.52. The molecule has 0 unspecified atom stereocenters. The van der Waals surface area contributed by atoms with Crippen molar-refractivity contribution in [3.63, 3.8) is 0 Å². The third-order valence-corrected chi connectivity index (χ3v) is 3.55. The van der Waals surface area contributed by atoms with Crippen molar-refractivity contribution < 1.29 is 0 Å². The molecule has 0 atom stereocenters.